The van der Waals surface area contributed by atoms with Crippen LogP contribution < -0.4 is 9.47 Å². The Kier molecular flexibility index (Phi) is 3.02. The maximum Gasteiger partial charge on any atom is 0.231 e. The summed E-state index contributed by atoms with van der Waals surface area (Å²) < 4.78 is 12.5. The summed E-state index contributed by atoms with van der Waals surface area (Å²) in [7, 11) is 1.58. The van der Waals surface area contributed by atoms with Gasteiger partial charge in [0.05, 0.1) is 18.9 Å². The van der Waals surface area contributed by atoms with Gasteiger partial charge in [-0.2, -0.15) is 5.10 Å². The molecule has 0 saturated carbocycles. The van der Waals surface area contributed by atoms with E-state index in [0.717, 1.165) is 12.1 Å². The number of hydrogen-bond acceptors (Lipinski definition) is 4. The first kappa shape index (κ1) is 12.5. The topological polar surface area (TPSA) is 53.4 Å². The Labute approximate surface area is 116 Å². The molecule has 0 fully saturated rings. The zero-order valence-electron chi connectivity index (χ0n) is 11.3. The fourth-order valence-corrected chi connectivity index (χ4v) is 2.07. The molecule has 1 aromatic carbocycles. The highest BCUT2D eigenvalue weighted by Gasteiger charge is 2.27. The molecule has 1 aliphatic rings. The van der Waals surface area contributed by atoms with Crippen LogP contribution in [0.15, 0.2) is 36.4 Å². The Bertz CT molecular complexity index is 701. The number of aromatic nitrogens is 2. The summed E-state index contributed by atoms with van der Waals surface area (Å²) in [5.41, 5.74) is 1.40. The standard InChI is InChI=1S/C15H14N2O3/c1-3-17-9-10(8-16-17)6-14-15(18)12-5-4-11(19-2)7-13(12)20-14/h4-9H,3H2,1-2H3. The number of nitrogens with zero attached hydrogens (tertiary/aromatic N) is 2. The van der Waals surface area contributed by atoms with E-state index >= 15 is 0 Å². The molecule has 0 unspecified atom stereocenters. The molecule has 3 rings (SSSR count). The Morgan fingerprint density at radius 1 is 1.45 bits per heavy atom. The number of methoxy groups -OCH3 is 1. The Morgan fingerprint density at radius 2 is 2.30 bits per heavy atom. The number of ether oxygens (including phenoxy) is 2. The van der Waals surface area contributed by atoms with Crippen LogP contribution >= 0.6 is 0 Å². The summed E-state index contributed by atoms with van der Waals surface area (Å²) in [6, 6.07) is 5.18. The number of carbonyl (C=O) groups is 1. The van der Waals surface area contributed by atoms with Gasteiger partial charge in [-0.05, 0) is 25.1 Å². The highest BCUT2D eigenvalue weighted by atomic mass is 16.5. The monoisotopic (exact) mass is 270 g/mol. The zero-order valence-corrected chi connectivity index (χ0v) is 11.3. The Balaban J connectivity index is 1.92. The van der Waals surface area contributed by atoms with Crippen molar-refractivity contribution in [1.82, 2.24) is 9.78 Å². The maximum absolute atomic E-state index is 12.2. The van der Waals surface area contributed by atoms with Crippen LogP contribution in [0.25, 0.3) is 6.08 Å². The number of benzene rings is 1. The lowest BCUT2D eigenvalue weighted by molar-refractivity contribution is 0.101. The third kappa shape index (κ3) is 2.07. The van der Waals surface area contributed by atoms with Gasteiger partial charge in [0.1, 0.15) is 11.5 Å². The number of Topliss-reactive ketones (excluding diaryl/α,β-unsaturated/α-hetero) is 1. The summed E-state index contributed by atoms with van der Waals surface area (Å²) in [5, 5.41) is 4.16. The second kappa shape index (κ2) is 4.85. The molecule has 0 spiro atoms. The lowest BCUT2D eigenvalue weighted by Gasteiger charge is -2.01. The van der Waals surface area contributed by atoms with Crippen LogP contribution in [0.2, 0.25) is 0 Å². The molecule has 0 N–H and O–H groups in total. The predicted molar refractivity (Wildman–Crippen MR) is 73.8 cm³/mol. The van der Waals surface area contributed by atoms with Crippen molar-refractivity contribution in [3.63, 3.8) is 0 Å². The fourth-order valence-electron chi connectivity index (χ4n) is 2.07. The van der Waals surface area contributed by atoms with Gasteiger partial charge in [-0.3, -0.25) is 9.48 Å². The normalized spacial score (nSPS) is 15.3. The largest absolute Gasteiger partial charge is 0.497 e. The Hall–Kier alpha value is -2.56. The van der Waals surface area contributed by atoms with Gasteiger partial charge in [-0.15, -0.1) is 0 Å². The molecular weight excluding hydrogens is 256 g/mol. The summed E-state index contributed by atoms with van der Waals surface area (Å²) in [6.45, 7) is 2.79. The van der Waals surface area contributed by atoms with Crippen molar-refractivity contribution in [3.05, 3.63) is 47.5 Å². The highest BCUT2D eigenvalue weighted by molar-refractivity contribution is 6.14. The molecule has 1 aromatic heterocycles. The molecule has 0 aliphatic carbocycles. The van der Waals surface area contributed by atoms with Crippen LogP contribution in [0.4, 0.5) is 0 Å². The molecule has 102 valence electrons. The van der Waals surface area contributed by atoms with Crippen molar-refractivity contribution in [1.29, 1.82) is 0 Å². The van der Waals surface area contributed by atoms with Gasteiger partial charge in [0.15, 0.2) is 5.76 Å². The molecule has 2 heterocycles. The second-order valence-corrected chi connectivity index (χ2v) is 4.43. The van der Waals surface area contributed by atoms with Gasteiger partial charge >= 0.3 is 0 Å². The van der Waals surface area contributed by atoms with E-state index in [4.69, 9.17) is 9.47 Å². The van der Waals surface area contributed by atoms with Crippen LogP contribution in [0.3, 0.4) is 0 Å². The average Bonchev–Trinajstić information content (AvgIpc) is 3.04. The molecule has 0 amide bonds. The van der Waals surface area contributed by atoms with Crippen LogP contribution in [0, 0.1) is 0 Å². The van der Waals surface area contributed by atoms with E-state index < -0.39 is 0 Å². The smallest absolute Gasteiger partial charge is 0.231 e. The van der Waals surface area contributed by atoms with Crippen LogP contribution in [-0.4, -0.2) is 22.7 Å². The van der Waals surface area contributed by atoms with E-state index in [-0.39, 0.29) is 5.78 Å². The van der Waals surface area contributed by atoms with Crippen molar-refractivity contribution in [3.8, 4) is 11.5 Å². The van der Waals surface area contributed by atoms with Gasteiger partial charge in [0, 0.05) is 24.4 Å². The molecule has 20 heavy (non-hydrogen) atoms. The first-order chi connectivity index (χ1) is 9.71. The summed E-state index contributed by atoms with van der Waals surface area (Å²) in [5.74, 6) is 1.39. The number of hydrogen-bond donors (Lipinski definition) is 0. The lowest BCUT2D eigenvalue weighted by Crippen LogP contribution is -1.97. The molecule has 0 saturated heterocycles. The predicted octanol–water partition coefficient (Wildman–Crippen LogP) is 2.53. The maximum atomic E-state index is 12.2. The van der Waals surface area contributed by atoms with E-state index in [1.54, 1.807) is 42.3 Å². The molecule has 2 aromatic rings. The highest BCUT2D eigenvalue weighted by Crippen LogP contribution is 2.34. The average molecular weight is 270 g/mol. The quantitative estimate of drug-likeness (QED) is 0.804. The van der Waals surface area contributed by atoms with Crippen LogP contribution in [0.1, 0.15) is 22.8 Å². The van der Waals surface area contributed by atoms with E-state index in [1.165, 1.54) is 0 Å². The van der Waals surface area contributed by atoms with E-state index in [1.807, 2.05) is 13.1 Å². The molecule has 5 heteroatoms. The molecule has 0 atom stereocenters. The van der Waals surface area contributed by atoms with Gasteiger partial charge < -0.3 is 9.47 Å². The summed E-state index contributed by atoms with van der Waals surface area (Å²) in [6.07, 6.45) is 5.28. The SMILES string of the molecule is CCn1cc(C=C2Oc3cc(OC)ccc3C2=O)cn1. The molecule has 1 aliphatic heterocycles. The van der Waals surface area contributed by atoms with E-state index in [0.29, 0.717) is 22.8 Å². The van der Waals surface area contributed by atoms with Crippen molar-refractivity contribution in [2.24, 2.45) is 0 Å². The van der Waals surface area contributed by atoms with Gasteiger partial charge in [-0.25, -0.2) is 0 Å². The molecule has 5 nitrogen and oxygen atoms in total. The zero-order chi connectivity index (χ0) is 14.1. The number of ketones is 1. The molecule has 0 radical (unpaired) electrons. The third-order valence-electron chi connectivity index (χ3n) is 3.15. The molecule has 0 bridgehead atoms. The summed E-state index contributed by atoms with van der Waals surface area (Å²) in [4.78, 5) is 12.2. The van der Waals surface area contributed by atoms with Crippen molar-refractivity contribution < 1.29 is 14.3 Å². The van der Waals surface area contributed by atoms with Crippen molar-refractivity contribution >= 4 is 11.9 Å². The minimum Gasteiger partial charge on any atom is -0.497 e. The third-order valence-corrected chi connectivity index (χ3v) is 3.15. The second-order valence-electron chi connectivity index (χ2n) is 4.43. The minimum absolute atomic E-state index is 0.119. The lowest BCUT2D eigenvalue weighted by atomic mass is 10.1. The Morgan fingerprint density at radius 3 is 3.00 bits per heavy atom. The summed E-state index contributed by atoms with van der Waals surface area (Å²) >= 11 is 0. The van der Waals surface area contributed by atoms with Gasteiger partial charge in [-0.1, -0.05) is 0 Å². The van der Waals surface area contributed by atoms with Crippen molar-refractivity contribution in [2.45, 2.75) is 13.5 Å². The van der Waals surface area contributed by atoms with Gasteiger partial charge in [0.2, 0.25) is 5.78 Å². The van der Waals surface area contributed by atoms with Crippen LogP contribution in [-0.2, 0) is 6.54 Å². The first-order valence-electron chi connectivity index (χ1n) is 6.36. The van der Waals surface area contributed by atoms with E-state index in [2.05, 4.69) is 5.10 Å². The fraction of sp³-hybridized carbons (Fsp3) is 0.200. The molecular formula is C15H14N2O3. The number of allylic oxidation sites excluding steroid dienone is 1. The number of fused-ring (bicyclic) bond motifs is 1. The first-order valence-corrected chi connectivity index (χ1v) is 6.36. The van der Waals surface area contributed by atoms with Crippen LogP contribution in [0.5, 0.6) is 11.5 Å². The number of rotatable bonds is 3. The minimum atomic E-state index is -0.119. The van der Waals surface area contributed by atoms with Crippen molar-refractivity contribution in [2.75, 3.05) is 7.11 Å². The number of aryl methyl sites for hydroxylation is 1. The number of carbonyl (C=O) groups excluding carboxylic acids is 1. The van der Waals surface area contributed by atoms with Gasteiger partial charge in [0.25, 0.3) is 0 Å². The van der Waals surface area contributed by atoms with E-state index in [9.17, 15) is 4.79 Å².